The summed E-state index contributed by atoms with van der Waals surface area (Å²) >= 11 is 0. The van der Waals surface area contributed by atoms with Crippen LogP contribution in [0.15, 0.2) is 36.4 Å². The number of nitrogens with two attached hydrogens (primary N) is 2. The molecule has 7 heteroatoms. The molecule has 6 nitrogen and oxygen atoms in total. The number of primary amides is 1. The van der Waals surface area contributed by atoms with E-state index in [1.54, 1.807) is 18.2 Å². The number of amides is 1. The van der Waals surface area contributed by atoms with Gasteiger partial charge in [0, 0.05) is 12.2 Å². The summed E-state index contributed by atoms with van der Waals surface area (Å²) in [6.07, 6.45) is 3.74. The van der Waals surface area contributed by atoms with Crippen LogP contribution in [0.4, 0.5) is 10.1 Å². The molecule has 1 unspecified atom stereocenters. The predicted molar refractivity (Wildman–Crippen MR) is 120 cm³/mol. The first-order chi connectivity index (χ1) is 14.9. The van der Waals surface area contributed by atoms with Crippen molar-refractivity contribution in [1.82, 2.24) is 4.90 Å². The van der Waals surface area contributed by atoms with Crippen LogP contribution in [-0.4, -0.2) is 48.8 Å². The van der Waals surface area contributed by atoms with E-state index >= 15 is 0 Å². The lowest BCUT2D eigenvalue weighted by Crippen LogP contribution is -2.36. The molecule has 0 saturated carbocycles. The van der Waals surface area contributed by atoms with Gasteiger partial charge < -0.3 is 26.2 Å². The summed E-state index contributed by atoms with van der Waals surface area (Å²) in [5.41, 5.74) is 14.4. The third-order valence-electron chi connectivity index (χ3n) is 6.11. The summed E-state index contributed by atoms with van der Waals surface area (Å²) in [6.45, 7) is 2.80. The van der Waals surface area contributed by atoms with E-state index < -0.39 is 12.0 Å². The van der Waals surface area contributed by atoms with E-state index in [-0.39, 0.29) is 5.82 Å². The average molecular weight is 430 g/mol. The van der Waals surface area contributed by atoms with Crippen molar-refractivity contribution in [3.63, 3.8) is 0 Å². The van der Waals surface area contributed by atoms with Crippen LogP contribution < -0.4 is 16.2 Å². The fourth-order valence-corrected chi connectivity index (χ4v) is 4.23. The topological polar surface area (TPSA) is 102 Å². The van der Waals surface area contributed by atoms with E-state index in [1.807, 2.05) is 6.07 Å². The Kier molecular flexibility index (Phi) is 7.87. The number of nitrogen functional groups attached to an aromatic ring is 1. The van der Waals surface area contributed by atoms with Crippen LogP contribution in [0, 0.1) is 11.7 Å². The molecule has 5 N–H and O–H groups in total. The van der Waals surface area contributed by atoms with Gasteiger partial charge in [0.1, 0.15) is 11.6 Å². The second-order valence-electron chi connectivity index (χ2n) is 8.38. The largest absolute Gasteiger partial charge is 0.496 e. The molecule has 0 bridgehead atoms. The van der Waals surface area contributed by atoms with Gasteiger partial charge in [-0.3, -0.25) is 4.79 Å². The van der Waals surface area contributed by atoms with E-state index in [4.69, 9.17) is 16.2 Å². The average Bonchev–Trinajstić information content (AvgIpc) is 2.76. The van der Waals surface area contributed by atoms with E-state index in [2.05, 4.69) is 4.90 Å². The Morgan fingerprint density at radius 1 is 1.26 bits per heavy atom. The number of methoxy groups -OCH3 is 1. The maximum absolute atomic E-state index is 13.0. The number of ether oxygens (including phenoxy) is 1. The highest BCUT2D eigenvalue weighted by Gasteiger charge is 2.22. The van der Waals surface area contributed by atoms with Crippen LogP contribution in [0.5, 0.6) is 5.75 Å². The molecule has 2 aromatic rings. The highest BCUT2D eigenvalue weighted by atomic mass is 19.1. The third-order valence-corrected chi connectivity index (χ3v) is 6.11. The molecule has 1 aliphatic heterocycles. The van der Waals surface area contributed by atoms with Gasteiger partial charge in [-0.05, 0) is 86.5 Å². The highest BCUT2D eigenvalue weighted by Crippen LogP contribution is 2.30. The SMILES string of the molecule is COc1cc(CC2CCN(CCC(O)Cc3ccc(F)cc3)CC2)c(N)cc1C(N)=O. The third kappa shape index (κ3) is 6.42. The molecule has 1 aliphatic rings. The molecule has 168 valence electrons. The van der Waals surface area contributed by atoms with Crippen LogP contribution in [0.2, 0.25) is 0 Å². The molecule has 2 aromatic carbocycles. The first-order valence-electron chi connectivity index (χ1n) is 10.8. The first kappa shape index (κ1) is 23.0. The number of halogens is 1. The van der Waals surface area contributed by atoms with Crippen molar-refractivity contribution in [3.8, 4) is 5.75 Å². The first-order valence-corrected chi connectivity index (χ1v) is 10.8. The van der Waals surface area contributed by atoms with Gasteiger partial charge in [0.05, 0.1) is 18.8 Å². The second kappa shape index (κ2) is 10.6. The minimum absolute atomic E-state index is 0.259. The Hall–Kier alpha value is -2.64. The number of likely N-dealkylation sites (tertiary alicyclic amines) is 1. The smallest absolute Gasteiger partial charge is 0.252 e. The predicted octanol–water partition coefficient (Wildman–Crippen LogP) is 2.76. The minimum Gasteiger partial charge on any atom is -0.496 e. The van der Waals surface area contributed by atoms with Crippen LogP contribution in [0.25, 0.3) is 0 Å². The maximum Gasteiger partial charge on any atom is 0.252 e. The quantitative estimate of drug-likeness (QED) is 0.532. The van der Waals surface area contributed by atoms with Crippen LogP contribution in [0.1, 0.15) is 40.7 Å². The molecule has 31 heavy (non-hydrogen) atoms. The van der Waals surface area contributed by atoms with Crippen molar-refractivity contribution < 1.29 is 19.0 Å². The number of nitrogens with zero attached hydrogens (tertiary/aromatic N) is 1. The van der Waals surface area contributed by atoms with Gasteiger partial charge in [-0.25, -0.2) is 4.39 Å². The number of rotatable bonds is 9. The molecule has 0 radical (unpaired) electrons. The Balaban J connectivity index is 1.45. The molecule has 3 rings (SSSR count). The summed E-state index contributed by atoms with van der Waals surface area (Å²) in [7, 11) is 1.52. The maximum atomic E-state index is 13.0. The zero-order valence-electron chi connectivity index (χ0n) is 18.0. The van der Waals surface area contributed by atoms with Gasteiger partial charge in [0.25, 0.3) is 5.91 Å². The number of carbonyl (C=O) groups excluding carboxylic acids is 1. The van der Waals surface area contributed by atoms with E-state index in [1.165, 1.54) is 19.2 Å². The fourth-order valence-electron chi connectivity index (χ4n) is 4.23. The number of hydrogen-bond donors (Lipinski definition) is 3. The molecule has 1 amide bonds. The summed E-state index contributed by atoms with van der Waals surface area (Å²) in [4.78, 5) is 13.9. The Labute approximate surface area is 183 Å². The lowest BCUT2D eigenvalue weighted by atomic mass is 9.89. The van der Waals surface area contributed by atoms with E-state index in [0.29, 0.717) is 35.8 Å². The van der Waals surface area contributed by atoms with E-state index in [0.717, 1.165) is 50.0 Å². The van der Waals surface area contributed by atoms with Crippen molar-refractivity contribution in [2.45, 2.75) is 38.2 Å². The van der Waals surface area contributed by atoms with Gasteiger partial charge in [-0.2, -0.15) is 0 Å². The second-order valence-corrected chi connectivity index (χ2v) is 8.38. The normalized spacial score (nSPS) is 16.2. The standard InChI is InChI=1S/C24H32FN3O3/c1-31-23-14-18(22(26)15-21(23)24(27)30)12-17-6-9-28(10-7-17)11-8-20(29)13-16-2-4-19(25)5-3-16/h2-5,14-15,17,20,29H,6-13,26H2,1H3,(H2,27,30). The van der Waals surface area contributed by atoms with Crippen LogP contribution >= 0.6 is 0 Å². The molecule has 0 spiro atoms. The summed E-state index contributed by atoms with van der Waals surface area (Å²) in [6, 6.07) is 9.73. The van der Waals surface area contributed by atoms with Crippen molar-refractivity contribution in [3.05, 3.63) is 58.9 Å². The molecule has 1 atom stereocenters. The van der Waals surface area contributed by atoms with Crippen molar-refractivity contribution in [1.29, 1.82) is 0 Å². The summed E-state index contributed by atoms with van der Waals surface area (Å²) in [5, 5.41) is 10.3. The molecular formula is C24H32FN3O3. The Morgan fingerprint density at radius 3 is 2.55 bits per heavy atom. The number of benzene rings is 2. The van der Waals surface area contributed by atoms with Gasteiger partial charge in [0.15, 0.2) is 0 Å². The number of anilines is 1. The zero-order valence-corrected chi connectivity index (χ0v) is 18.0. The highest BCUT2D eigenvalue weighted by molar-refractivity contribution is 5.96. The number of carbonyl (C=O) groups is 1. The Morgan fingerprint density at radius 2 is 1.94 bits per heavy atom. The molecular weight excluding hydrogens is 397 g/mol. The monoisotopic (exact) mass is 429 g/mol. The van der Waals surface area contributed by atoms with Gasteiger partial charge >= 0.3 is 0 Å². The summed E-state index contributed by atoms with van der Waals surface area (Å²) in [5.74, 6) is 0.159. The van der Waals surface area contributed by atoms with Gasteiger partial charge in [-0.1, -0.05) is 12.1 Å². The van der Waals surface area contributed by atoms with Crippen LogP contribution in [0.3, 0.4) is 0 Å². The summed E-state index contributed by atoms with van der Waals surface area (Å²) < 4.78 is 18.3. The minimum atomic E-state index is -0.551. The number of aliphatic hydroxyl groups is 1. The van der Waals surface area contributed by atoms with Gasteiger partial charge in [0.2, 0.25) is 0 Å². The molecule has 1 fully saturated rings. The molecule has 1 saturated heterocycles. The van der Waals surface area contributed by atoms with Gasteiger partial charge in [-0.15, -0.1) is 0 Å². The number of piperidine rings is 1. The van der Waals surface area contributed by atoms with Crippen molar-refractivity contribution in [2.24, 2.45) is 11.7 Å². The molecule has 0 aliphatic carbocycles. The number of hydrogen-bond acceptors (Lipinski definition) is 5. The molecule has 0 aromatic heterocycles. The lowest BCUT2D eigenvalue weighted by Gasteiger charge is -2.32. The molecule has 1 heterocycles. The van der Waals surface area contributed by atoms with Crippen LogP contribution in [-0.2, 0) is 12.8 Å². The fraction of sp³-hybridized carbons (Fsp3) is 0.458. The lowest BCUT2D eigenvalue weighted by molar-refractivity contribution is 0.0997. The number of aliphatic hydroxyl groups excluding tert-OH is 1. The van der Waals surface area contributed by atoms with Crippen molar-refractivity contribution in [2.75, 3.05) is 32.5 Å². The van der Waals surface area contributed by atoms with Crippen molar-refractivity contribution >= 4 is 11.6 Å². The zero-order chi connectivity index (χ0) is 22.4. The Bertz CT molecular complexity index is 880. The van der Waals surface area contributed by atoms with E-state index in [9.17, 15) is 14.3 Å².